The monoisotopic (exact) mass is 294 g/mol. The molecule has 0 aliphatic carbocycles. The van der Waals surface area contributed by atoms with Crippen molar-refractivity contribution in [1.29, 1.82) is 0 Å². The van der Waals surface area contributed by atoms with Gasteiger partial charge in [-0.05, 0) is 36.3 Å². The zero-order chi connectivity index (χ0) is 14.1. The molecule has 3 rings (SSSR count). The lowest BCUT2D eigenvalue weighted by atomic mass is 9.98. The molecule has 3 heterocycles. The van der Waals surface area contributed by atoms with Gasteiger partial charge in [0.05, 0.1) is 5.92 Å². The highest BCUT2D eigenvalue weighted by Crippen LogP contribution is 2.26. The van der Waals surface area contributed by atoms with Gasteiger partial charge in [-0.3, -0.25) is 4.79 Å². The summed E-state index contributed by atoms with van der Waals surface area (Å²) in [5.74, 6) is -1.20. The van der Waals surface area contributed by atoms with Crippen LogP contribution in [0.5, 0.6) is 0 Å². The number of carbonyl (C=O) groups excluding carboxylic acids is 1. The third-order valence-electron chi connectivity index (χ3n) is 4.12. The summed E-state index contributed by atoms with van der Waals surface area (Å²) in [6.07, 6.45) is 2.36. The molecule has 108 valence electrons. The molecule has 2 aliphatic rings. The van der Waals surface area contributed by atoms with Crippen molar-refractivity contribution in [3.8, 4) is 0 Å². The van der Waals surface area contributed by atoms with E-state index in [1.165, 1.54) is 10.4 Å². The maximum absolute atomic E-state index is 12.5. The summed E-state index contributed by atoms with van der Waals surface area (Å²) in [5, 5.41) is 11.2. The Bertz CT molecular complexity index is 528. The highest BCUT2D eigenvalue weighted by atomic mass is 32.1. The SMILES string of the molecule is O=C(O)C1CCCN(C(=O)N2CCc3sccc3C2)C1. The van der Waals surface area contributed by atoms with Gasteiger partial charge in [0.1, 0.15) is 0 Å². The number of hydrogen-bond acceptors (Lipinski definition) is 3. The summed E-state index contributed by atoms with van der Waals surface area (Å²) in [6.45, 7) is 2.42. The minimum atomic E-state index is -0.790. The Balaban J connectivity index is 1.66. The van der Waals surface area contributed by atoms with E-state index in [1.807, 2.05) is 4.90 Å². The van der Waals surface area contributed by atoms with E-state index < -0.39 is 11.9 Å². The number of nitrogens with zero attached hydrogens (tertiary/aromatic N) is 2. The minimum absolute atomic E-state index is 0.00667. The van der Waals surface area contributed by atoms with Crippen LogP contribution in [0.4, 0.5) is 4.79 Å². The van der Waals surface area contributed by atoms with Crippen LogP contribution in [0.2, 0.25) is 0 Å². The predicted molar refractivity (Wildman–Crippen MR) is 75.8 cm³/mol. The van der Waals surface area contributed by atoms with Gasteiger partial charge < -0.3 is 14.9 Å². The van der Waals surface area contributed by atoms with Crippen molar-refractivity contribution in [2.24, 2.45) is 5.92 Å². The molecule has 2 amide bonds. The number of likely N-dealkylation sites (tertiary alicyclic amines) is 1. The molecule has 0 saturated carbocycles. The van der Waals surface area contributed by atoms with Gasteiger partial charge in [0.2, 0.25) is 0 Å². The van der Waals surface area contributed by atoms with E-state index in [4.69, 9.17) is 5.11 Å². The maximum atomic E-state index is 12.5. The van der Waals surface area contributed by atoms with Crippen molar-refractivity contribution in [3.05, 3.63) is 21.9 Å². The zero-order valence-electron chi connectivity index (χ0n) is 11.2. The summed E-state index contributed by atoms with van der Waals surface area (Å²) in [6, 6.07) is 2.07. The maximum Gasteiger partial charge on any atom is 0.320 e. The Kier molecular flexibility index (Phi) is 3.65. The number of amides is 2. The number of rotatable bonds is 1. The van der Waals surface area contributed by atoms with Crippen LogP contribution in [0.1, 0.15) is 23.3 Å². The van der Waals surface area contributed by atoms with E-state index in [0.29, 0.717) is 26.1 Å². The number of piperidine rings is 1. The molecule has 0 aromatic carbocycles. The van der Waals surface area contributed by atoms with Crippen molar-refractivity contribution in [2.75, 3.05) is 19.6 Å². The largest absolute Gasteiger partial charge is 0.481 e. The third-order valence-corrected chi connectivity index (χ3v) is 5.14. The summed E-state index contributed by atoms with van der Waals surface area (Å²) < 4.78 is 0. The number of hydrogen-bond donors (Lipinski definition) is 1. The third kappa shape index (κ3) is 2.52. The number of aliphatic carboxylic acids is 1. The van der Waals surface area contributed by atoms with Gasteiger partial charge in [-0.15, -0.1) is 11.3 Å². The number of urea groups is 1. The Morgan fingerprint density at radius 3 is 2.95 bits per heavy atom. The fourth-order valence-electron chi connectivity index (χ4n) is 2.96. The lowest BCUT2D eigenvalue weighted by molar-refractivity contribution is -0.143. The van der Waals surface area contributed by atoms with Crippen LogP contribution >= 0.6 is 11.3 Å². The number of carboxylic acid groups (broad SMARTS) is 1. The van der Waals surface area contributed by atoms with Gasteiger partial charge in [0.25, 0.3) is 0 Å². The van der Waals surface area contributed by atoms with Gasteiger partial charge in [0.15, 0.2) is 0 Å². The van der Waals surface area contributed by atoms with Crippen molar-refractivity contribution in [3.63, 3.8) is 0 Å². The average Bonchev–Trinajstić information content (AvgIpc) is 2.94. The first-order valence-electron chi connectivity index (χ1n) is 6.97. The molecule has 1 fully saturated rings. The highest BCUT2D eigenvalue weighted by molar-refractivity contribution is 7.10. The van der Waals surface area contributed by atoms with E-state index in [0.717, 1.165) is 19.4 Å². The Labute approximate surface area is 121 Å². The van der Waals surface area contributed by atoms with Crippen LogP contribution in [0.25, 0.3) is 0 Å². The van der Waals surface area contributed by atoms with Crippen LogP contribution in [-0.4, -0.2) is 46.5 Å². The van der Waals surface area contributed by atoms with Gasteiger partial charge in [-0.1, -0.05) is 0 Å². The first kappa shape index (κ1) is 13.4. The number of thiophene rings is 1. The molecule has 0 radical (unpaired) electrons. The molecule has 0 spiro atoms. The fraction of sp³-hybridized carbons (Fsp3) is 0.571. The molecule has 1 N–H and O–H groups in total. The van der Waals surface area contributed by atoms with E-state index >= 15 is 0 Å². The van der Waals surface area contributed by atoms with E-state index in [1.54, 1.807) is 16.2 Å². The van der Waals surface area contributed by atoms with Crippen LogP contribution < -0.4 is 0 Å². The number of carbonyl (C=O) groups is 2. The second-order valence-electron chi connectivity index (χ2n) is 5.45. The van der Waals surface area contributed by atoms with Crippen molar-refractivity contribution < 1.29 is 14.7 Å². The quantitative estimate of drug-likeness (QED) is 0.862. The molecule has 1 aromatic heterocycles. The Morgan fingerprint density at radius 2 is 2.15 bits per heavy atom. The second-order valence-corrected chi connectivity index (χ2v) is 6.45. The summed E-state index contributed by atoms with van der Waals surface area (Å²) in [7, 11) is 0. The van der Waals surface area contributed by atoms with Crippen LogP contribution in [0, 0.1) is 5.92 Å². The van der Waals surface area contributed by atoms with E-state index in [2.05, 4.69) is 11.4 Å². The predicted octanol–water partition coefficient (Wildman–Crippen LogP) is 2.02. The van der Waals surface area contributed by atoms with Gasteiger partial charge in [-0.2, -0.15) is 0 Å². The first-order chi connectivity index (χ1) is 9.65. The smallest absolute Gasteiger partial charge is 0.320 e. The van der Waals surface area contributed by atoms with Crippen LogP contribution in [-0.2, 0) is 17.8 Å². The topological polar surface area (TPSA) is 60.9 Å². The molecule has 0 bridgehead atoms. The highest BCUT2D eigenvalue weighted by Gasteiger charge is 2.31. The zero-order valence-corrected chi connectivity index (χ0v) is 12.1. The molecule has 5 nitrogen and oxygen atoms in total. The summed E-state index contributed by atoms with van der Waals surface area (Å²) >= 11 is 1.75. The molecule has 1 atom stereocenters. The van der Waals surface area contributed by atoms with Gasteiger partial charge >= 0.3 is 12.0 Å². The summed E-state index contributed by atoms with van der Waals surface area (Å²) in [5.41, 5.74) is 1.24. The first-order valence-corrected chi connectivity index (χ1v) is 7.85. The van der Waals surface area contributed by atoms with Crippen LogP contribution in [0.3, 0.4) is 0 Å². The van der Waals surface area contributed by atoms with Crippen molar-refractivity contribution in [1.82, 2.24) is 9.80 Å². The molecular weight excluding hydrogens is 276 g/mol. The molecule has 1 unspecified atom stereocenters. The standard InChI is InChI=1S/C14H18N2O3S/c17-13(18)11-2-1-5-15(9-11)14(19)16-6-3-12-10(8-16)4-7-20-12/h4,7,11H,1-3,5-6,8-9H2,(H,17,18). The van der Waals surface area contributed by atoms with Crippen LogP contribution in [0.15, 0.2) is 11.4 Å². The number of carboxylic acids is 1. The molecule has 2 aliphatic heterocycles. The normalized spacial score (nSPS) is 22.5. The molecular formula is C14H18N2O3S. The lowest BCUT2D eigenvalue weighted by Gasteiger charge is -2.36. The molecule has 20 heavy (non-hydrogen) atoms. The van der Waals surface area contributed by atoms with Crippen molar-refractivity contribution >= 4 is 23.3 Å². The lowest BCUT2D eigenvalue weighted by Crippen LogP contribution is -2.49. The van der Waals surface area contributed by atoms with E-state index in [9.17, 15) is 9.59 Å². The average molecular weight is 294 g/mol. The van der Waals surface area contributed by atoms with Crippen molar-refractivity contribution in [2.45, 2.75) is 25.8 Å². The van der Waals surface area contributed by atoms with Gasteiger partial charge in [-0.25, -0.2) is 4.79 Å². The summed E-state index contributed by atoms with van der Waals surface area (Å²) in [4.78, 5) is 28.5. The molecule has 1 saturated heterocycles. The molecule has 6 heteroatoms. The Hall–Kier alpha value is -1.56. The second kappa shape index (κ2) is 5.44. The fourth-order valence-corrected chi connectivity index (χ4v) is 3.85. The Morgan fingerprint density at radius 1 is 1.30 bits per heavy atom. The number of fused-ring (bicyclic) bond motifs is 1. The van der Waals surface area contributed by atoms with E-state index in [-0.39, 0.29) is 6.03 Å². The minimum Gasteiger partial charge on any atom is -0.481 e. The van der Waals surface area contributed by atoms with Gasteiger partial charge in [0, 0.05) is 31.1 Å². The molecule has 1 aromatic rings.